The molecular weight excluding hydrogens is 446 g/mol. The first-order valence-electron chi connectivity index (χ1n) is 10.4. The molecule has 0 amide bonds. The standard InChI is InChI=1S/C23H26BrN3O3/c1-26-22(25-20-14-16(24)6-8-18(20)23(26)29)19-9-7-17(15-21(19)28)30-13-5-12-27-10-3-2-4-11-27/h6-9,14-15,28H,2-5,10-13H2,1H3. The van der Waals surface area contributed by atoms with E-state index in [4.69, 9.17) is 4.74 Å². The van der Waals surface area contributed by atoms with Gasteiger partial charge >= 0.3 is 0 Å². The molecule has 1 N–H and O–H groups in total. The summed E-state index contributed by atoms with van der Waals surface area (Å²) in [6.07, 6.45) is 4.88. The first-order chi connectivity index (χ1) is 14.5. The monoisotopic (exact) mass is 471 g/mol. The van der Waals surface area contributed by atoms with Crippen molar-refractivity contribution in [3.05, 3.63) is 51.2 Å². The molecule has 158 valence electrons. The number of nitrogens with zero attached hydrogens (tertiary/aromatic N) is 3. The van der Waals surface area contributed by atoms with Crippen LogP contribution in [-0.2, 0) is 7.05 Å². The third kappa shape index (κ3) is 4.52. The predicted molar refractivity (Wildman–Crippen MR) is 122 cm³/mol. The van der Waals surface area contributed by atoms with Gasteiger partial charge in [-0.05, 0) is 62.7 Å². The predicted octanol–water partition coefficient (Wildman–Crippen LogP) is 4.32. The molecule has 1 fully saturated rings. The average molecular weight is 472 g/mol. The molecule has 1 aliphatic rings. The van der Waals surface area contributed by atoms with E-state index in [1.165, 1.54) is 36.9 Å². The molecular formula is C23H26BrN3O3. The van der Waals surface area contributed by atoms with Crippen molar-refractivity contribution in [2.45, 2.75) is 25.7 Å². The summed E-state index contributed by atoms with van der Waals surface area (Å²) in [5, 5.41) is 11.1. The van der Waals surface area contributed by atoms with Gasteiger partial charge in [-0.15, -0.1) is 0 Å². The maximum Gasteiger partial charge on any atom is 0.261 e. The summed E-state index contributed by atoms with van der Waals surface area (Å²) >= 11 is 3.42. The summed E-state index contributed by atoms with van der Waals surface area (Å²) in [5.74, 6) is 1.07. The Hall–Kier alpha value is -2.38. The molecule has 2 aromatic carbocycles. The molecule has 0 saturated carbocycles. The first-order valence-corrected chi connectivity index (χ1v) is 11.2. The summed E-state index contributed by atoms with van der Waals surface area (Å²) in [6.45, 7) is 4.02. The molecule has 1 saturated heterocycles. The minimum absolute atomic E-state index is 0.0420. The van der Waals surface area contributed by atoms with Gasteiger partial charge in [-0.2, -0.15) is 0 Å². The number of aromatic hydroxyl groups is 1. The van der Waals surface area contributed by atoms with E-state index in [0.29, 0.717) is 34.6 Å². The Kier molecular flexibility index (Phi) is 6.39. The summed E-state index contributed by atoms with van der Waals surface area (Å²) in [6, 6.07) is 10.5. The second kappa shape index (κ2) is 9.18. The number of aromatic nitrogens is 2. The lowest BCUT2D eigenvalue weighted by atomic mass is 10.1. The molecule has 0 aliphatic carbocycles. The Balaban J connectivity index is 1.49. The molecule has 0 bridgehead atoms. The molecule has 2 heterocycles. The highest BCUT2D eigenvalue weighted by atomic mass is 79.9. The molecule has 0 radical (unpaired) electrons. The van der Waals surface area contributed by atoms with Crippen molar-refractivity contribution in [2.24, 2.45) is 7.05 Å². The van der Waals surface area contributed by atoms with Gasteiger partial charge in [-0.1, -0.05) is 22.4 Å². The van der Waals surface area contributed by atoms with Gasteiger partial charge in [0, 0.05) is 24.1 Å². The minimum atomic E-state index is -0.153. The number of fused-ring (bicyclic) bond motifs is 1. The molecule has 0 atom stereocenters. The van der Waals surface area contributed by atoms with Crippen LogP contribution in [0.4, 0.5) is 0 Å². The molecule has 3 aromatic rings. The van der Waals surface area contributed by atoms with Gasteiger partial charge in [0.25, 0.3) is 5.56 Å². The third-order valence-electron chi connectivity index (χ3n) is 5.59. The van der Waals surface area contributed by atoms with E-state index in [1.807, 2.05) is 12.1 Å². The highest BCUT2D eigenvalue weighted by molar-refractivity contribution is 9.10. The number of hydrogen-bond donors (Lipinski definition) is 1. The van der Waals surface area contributed by atoms with Crippen molar-refractivity contribution >= 4 is 26.8 Å². The zero-order valence-corrected chi connectivity index (χ0v) is 18.7. The van der Waals surface area contributed by atoms with Gasteiger partial charge in [0.05, 0.1) is 23.1 Å². The van der Waals surface area contributed by atoms with Gasteiger partial charge < -0.3 is 14.7 Å². The van der Waals surface area contributed by atoms with Crippen molar-refractivity contribution in [1.82, 2.24) is 14.5 Å². The van der Waals surface area contributed by atoms with Crippen LogP contribution in [0.2, 0.25) is 0 Å². The van der Waals surface area contributed by atoms with E-state index in [1.54, 1.807) is 31.3 Å². The number of phenols is 1. The van der Waals surface area contributed by atoms with Gasteiger partial charge in [0.2, 0.25) is 0 Å². The summed E-state index contributed by atoms with van der Waals surface area (Å²) in [5.41, 5.74) is 0.928. The molecule has 1 aliphatic heterocycles. The zero-order valence-electron chi connectivity index (χ0n) is 17.1. The summed E-state index contributed by atoms with van der Waals surface area (Å²) in [7, 11) is 1.66. The fourth-order valence-corrected chi connectivity index (χ4v) is 4.29. The van der Waals surface area contributed by atoms with Gasteiger partial charge in [0.15, 0.2) is 0 Å². The molecule has 6 nitrogen and oxygen atoms in total. The second-order valence-corrected chi connectivity index (χ2v) is 8.66. The van der Waals surface area contributed by atoms with E-state index in [0.717, 1.165) is 17.4 Å². The van der Waals surface area contributed by atoms with Crippen LogP contribution in [0.3, 0.4) is 0 Å². The number of hydrogen-bond acceptors (Lipinski definition) is 5. The highest BCUT2D eigenvalue weighted by Crippen LogP contribution is 2.31. The van der Waals surface area contributed by atoms with Crippen LogP contribution >= 0.6 is 15.9 Å². The van der Waals surface area contributed by atoms with Crippen molar-refractivity contribution < 1.29 is 9.84 Å². The van der Waals surface area contributed by atoms with Crippen molar-refractivity contribution in [3.8, 4) is 22.9 Å². The Morgan fingerprint density at radius 1 is 1.13 bits per heavy atom. The lowest BCUT2D eigenvalue weighted by molar-refractivity contribution is 0.205. The Morgan fingerprint density at radius 2 is 1.93 bits per heavy atom. The van der Waals surface area contributed by atoms with Crippen LogP contribution in [0.5, 0.6) is 11.5 Å². The topological polar surface area (TPSA) is 67.6 Å². The van der Waals surface area contributed by atoms with Crippen molar-refractivity contribution in [3.63, 3.8) is 0 Å². The largest absolute Gasteiger partial charge is 0.507 e. The van der Waals surface area contributed by atoms with E-state index in [9.17, 15) is 9.90 Å². The van der Waals surface area contributed by atoms with Crippen LogP contribution in [0.1, 0.15) is 25.7 Å². The molecule has 0 unspecified atom stereocenters. The number of benzene rings is 2. The van der Waals surface area contributed by atoms with Gasteiger partial charge in [0.1, 0.15) is 17.3 Å². The summed E-state index contributed by atoms with van der Waals surface area (Å²) < 4.78 is 8.14. The minimum Gasteiger partial charge on any atom is -0.507 e. The van der Waals surface area contributed by atoms with E-state index < -0.39 is 0 Å². The number of ether oxygens (including phenoxy) is 1. The van der Waals surface area contributed by atoms with E-state index in [-0.39, 0.29) is 11.3 Å². The smallest absolute Gasteiger partial charge is 0.261 e. The Morgan fingerprint density at radius 3 is 2.70 bits per heavy atom. The van der Waals surface area contributed by atoms with Crippen LogP contribution < -0.4 is 10.3 Å². The first kappa shape index (κ1) is 20.9. The quantitative estimate of drug-likeness (QED) is 0.542. The zero-order chi connectivity index (χ0) is 21.1. The van der Waals surface area contributed by atoms with Crippen molar-refractivity contribution in [2.75, 3.05) is 26.2 Å². The van der Waals surface area contributed by atoms with E-state index in [2.05, 4.69) is 25.8 Å². The molecule has 4 rings (SSSR count). The number of piperidine rings is 1. The second-order valence-electron chi connectivity index (χ2n) is 7.74. The van der Waals surface area contributed by atoms with E-state index >= 15 is 0 Å². The number of rotatable bonds is 6. The maximum atomic E-state index is 12.7. The third-order valence-corrected chi connectivity index (χ3v) is 6.08. The Bertz CT molecular complexity index is 1110. The summed E-state index contributed by atoms with van der Waals surface area (Å²) in [4.78, 5) is 19.8. The van der Waals surface area contributed by atoms with Gasteiger partial charge in [-0.3, -0.25) is 9.36 Å². The number of phenolic OH excluding ortho intramolecular Hbond substituents is 1. The highest BCUT2D eigenvalue weighted by Gasteiger charge is 2.15. The van der Waals surface area contributed by atoms with Crippen LogP contribution in [-0.4, -0.2) is 45.8 Å². The fourth-order valence-electron chi connectivity index (χ4n) is 3.94. The molecule has 1 aromatic heterocycles. The molecule has 0 spiro atoms. The number of halogens is 1. The lowest BCUT2D eigenvalue weighted by Crippen LogP contribution is -2.31. The number of likely N-dealkylation sites (tertiary alicyclic amines) is 1. The van der Waals surface area contributed by atoms with Crippen LogP contribution in [0, 0.1) is 0 Å². The van der Waals surface area contributed by atoms with Crippen LogP contribution in [0.15, 0.2) is 45.7 Å². The lowest BCUT2D eigenvalue weighted by Gasteiger charge is -2.26. The molecule has 30 heavy (non-hydrogen) atoms. The molecule has 7 heteroatoms. The average Bonchev–Trinajstić information content (AvgIpc) is 2.75. The Labute approximate surface area is 184 Å². The normalized spacial score (nSPS) is 14.9. The van der Waals surface area contributed by atoms with Crippen molar-refractivity contribution in [1.29, 1.82) is 0 Å². The van der Waals surface area contributed by atoms with Gasteiger partial charge in [-0.25, -0.2) is 4.98 Å². The SMILES string of the molecule is Cn1c(-c2ccc(OCCCN3CCCCC3)cc2O)nc2cc(Br)ccc2c1=O. The fraction of sp³-hybridized carbons (Fsp3) is 0.391. The van der Waals surface area contributed by atoms with Crippen LogP contribution in [0.25, 0.3) is 22.3 Å². The maximum absolute atomic E-state index is 12.7.